The summed E-state index contributed by atoms with van der Waals surface area (Å²) >= 11 is 12.9. The number of carbonyl (C=O) groups excluding carboxylic acids is 2. The largest absolute Gasteiger partial charge is 0.490 e. The van der Waals surface area contributed by atoms with Crippen molar-refractivity contribution in [2.75, 3.05) is 49.2 Å². The molecule has 4 N–H and O–H groups in total. The van der Waals surface area contributed by atoms with Crippen LogP contribution in [-0.4, -0.2) is 122 Å². The van der Waals surface area contributed by atoms with Crippen molar-refractivity contribution in [1.29, 1.82) is 0 Å². The molecule has 0 radical (unpaired) electrons. The van der Waals surface area contributed by atoms with Crippen molar-refractivity contribution in [2.45, 2.75) is 183 Å². The van der Waals surface area contributed by atoms with Gasteiger partial charge < -0.3 is 29.5 Å². The van der Waals surface area contributed by atoms with Gasteiger partial charge in [-0.2, -0.15) is 0 Å². The number of nitrogens with zero attached hydrogens (tertiary/aromatic N) is 6. The van der Waals surface area contributed by atoms with Crippen molar-refractivity contribution in [3.8, 4) is 11.5 Å². The van der Waals surface area contributed by atoms with E-state index >= 15 is 0 Å². The van der Waals surface area contributed by atoms with Gasteiger partial charge in [0.1, 0.15) is 24.2 Å². The van der Waals surface area contributed by atoms with Gasteiger partial charge in [0.05, 0.1) is 50.7 Å². The van der Waals surface area contributed by atoms with Crippen molar-refractivity contribution in [2.24, 2.45) is 35.5 Å². The van der Waals surface area contributed by atoms with Gasteiger partial charge in [-0.15, -0.1) is 0 Å². The number of sulfonamides is 1. The molecule has 2 fully saturated rings. The zero-order valence-corrected chi connectivity index (χ0v) is 58.8. The summed E-state index contributed by atoms with van der Waals surface area (Å²) in [5, 5.41) is 25.5. The highest BCUT2D eigenvalue weighted by molar-refractivity contribution is 7.99. The maximum Gasteiger partial charge on any atom is 0.264 e. The Labute approximate surface area is 583 Å². The number of hydrogen-bond donors (Lipinski definition) is 4. The second-order valence-electron chi connectivity index (χ2n) is 29.7. The number of hydrogen-bond acceptors (Lipinski definition) is 15. The fraction of sp³-hybridized carbons (Fsp3) is 0.539. The monoisotopic (exact) mass is 1400 g/mol. The number of carbonyl (C=O) groups is 2. The summed E-state index contributed by atoms with van der Waals surface area (Å²) in [7, 11) is -6.91. The van der Waals surface area contributed by atoms with E-state index in [0.29, 0.717) is 82.7 Å². The van der Waals surface area contributed by atoms with Gasteiger partial charge in [-0.1, -0.05) is 69.5 Å². The molecule has 21 heteroatoms. The van der Waals surface area contributed by atoms with Crippen LogP contribution in [0, 0.1) is 35.5 Å². The third-order valence-corrected chi connectivity index (χ3v) is 28.3. The predicted molar refractivity (Wildman–Crippen MR) is 385 cm³/mol. The third kappa shape index (κ3) is 14.5. The molecule has 97 heavy (non-hydrogen) atoms. The molecule has 8 aliphatic rings. The number of anilines is 2. The van der Waals surface area contributed by atoms with Crippen LogP contribution in [0.2, 0.25) is 10.0 Å². The minimum Gasteiger partial charge on any atom is -0.490 e. The van der Waals surface area contributed by atoms with Crippen molar-refractivity contribution < 1.29 is 41.9 Å². The molecule has 4 aliphatic heterocycles. The van der Waals surface area contributed by atoms with Gasteiger partial charge in [0, 0.05) is 100 Å². The average molecular weight is 1400 g/mol. The Morgan fingerprint density at radius 1 is 0.577 bits per heavy atom. The molecular weight excluding hydrogens is 1300 g/mol. The quantitative estimate of drug-likeness (QED) is 0.120. The van der Waals surface area contributed by atoms with Crippen LogP contribution in [0.3, 0.4) is 0 Å². The molecule has 4 aromatic carbocycles. The summed E-state index contributed by atoms with van der Waals surface area (Å²) < 4.78 is 59.2. The Bertz CT molecular complexity index is 3840. The molecule has 13 atom stereocenters. The zero-order chi connectivity index (χ0) is 67.4. The number of nitrogens with one attached hydrogen (secondary N) is 2. The van der Waals surface area contributed by atoms with E-state index in [4.69, 9.17) is 32.7 Å². The first-order valence-electron chi connectivity index (χ1n) is 34.7. The molecule has 17 nitrogen and oxygen atoms in total. The molecule has 1 unspecified atom stereocenters. The number of amides is 2. The highest BCUT2D eigenvalue weighted by Crippen LogP contribution is 2.52. The maximum atomic E-state index is 13.9. The zero-order valence-electron chi connectivity index (χ0n) is 55.7. The third-order valence-electron chi connectivity index (χ3n) is 23.7. The molecule has 2 aromatic heterocycles. The Kier molecular flexibility index (Phi) is 20.6. The smallest absolute Gasteiger partial charge is 0.264 e. The molecule has 2 spiro atoms. The highest BCUT2D eigenvalue weighted by atomic mass is 35.5. The first kappa shape index (κ1) is 70.5. The van der Waals surface area contributed by atoms with Gasteiger partial charge in [0.2, 0.25) is 10.0 Å². The van der Waals surface area contributed by atoms with Gasteiger partial charge in [-0.25, -0.2) is 37.3 Å². The summed E-state index contributed by atoms with van der Waals surface area (Å²) in [5.41, 5.74) is 6.50. The van der Waals surface area contributed by atoms with E-state index in [-0.39, 0.29) is 70.5 Å². The number of fused-ring (bicyclic) bond motifs is 8. The van der Waals surface area contributed by atoms with Gasteiger partial charge in [0.15, 0.2) is 0 Å². The van der Waals surface area contributed by atoms with E-state index in [9.17, 15) is 32.4 Å². The van der Waals surface area contributed by atoms with Gasteiger partial charge in [-0.05, 0) is 240 Å². The Morgan fingerprint density at radius 2 is 1.03 bits per heavy atom. The van der Waals surface area contributed by atoms with Crippen LogP contribution in [0.15, 0.2) is 110 Å². The highest BCUT2D eigenvalue weighted by Gasteiger charge is 2.52. The normalized spacial score (nSPS) is 32.4. The molecule has 6 heterocycles. The van der Waals surface area contributed by atoms with Crippen LogP contribution in [0.5, 0.6) is 11.5 Å². The molecule has 520 valence electrons. The molecule has 14 rings (SSSR count). The number of benzene rings is 4. The molecule has 6 aromatic rings. The van der Waals surface area contributed by atoms with Gasteiger partial charge in [-0.3, -0.25) is 14.3 Å². The van der Waals surface area contributed by atoms with E-state index in [1.165, 1.54) is 28.6 Å². The standard InChI is InChI=1S/C38H47ClN4O4S.C37H45ClN4O5S.CH4/c1-25-6-4-16-38(45,20-31-14-17-40-24-41-31)33-11-8-29(33)21-43-22-37(15-5-7-27-18-30(39)10-12-32(27)37)23-47-35-13-9-28(19-34(35)43)36(44)42-48(3,46)26(25)2;1-24-5-3-15-37(44,19-30-13-16-39-23-40-30)32-10-7-28(32)20-42-21-36(14-4-6-26-17-29(38)9-11-31(26)36)22-47-34-12-8-27(18-33(34)42)35(43)41-48(45,46)25(24)2;/h9-10,12-14,17-19,24-26,29,33,45H,3-8,11,15-16,20-23H2,1-2H3,(H,42,44,46);8-9,11-13,16-18,23-25,28,32,44H,3-7,10,14-15,19-22H2,1-2H3,(H,41,43);1H4/t25-,26+,29-,33+,37-,38-,48?;24-,25+,28-,32+,36-,37+;/m00./s1. The van der Waals surface area contributed by atoms with E-state index in [2.05, 4.69) is 76.2 Å². The topological polar surface area (TPSA) is 226 Å². The second kappa shape index (κ2) is 28.3. The van der Waals surface area contributed by atoms with Crippen LogP contribution in [0.4, 0.5) is 11.4 Å². The van der Waals surface area contributed by atoms with Crippen molar-refractivity contribution in [1.82, 2.24) is 29.4 Å². The van der Waals surface area contributed by atoms with E-state index in [0.717, 1.165) is 122 Å². The van der Waals surface area contributed by atoms with Crippen molar-refractivity contribution in [3.63, 3.8) is 0 Å². The van der Waals surface area contributed by atoms with Gasteiger partial charge >= 0.3 is 0 Å². The lowest BCUT2D eigenvalue weighted by molar-refractivity contribution is -0.0890. The summed E-state index contributed by atoms with van der Waals surface area (Å²) in [6, 6.07) is 27.0. The van der Waals surface area contributed by atoms with Crippen LogP contribution in [0.25, 0.3) is 0 Å². The Hall–Kier alpha value is -6.35. The first-order chi connectivity index (χ1) is 45.9. The molecule has 0 saturated heterocycles. The minimum absolute atomic E-state index is 0. The summed E-state index contributed by atoms with van der Waals surface area (Å²) in [5.74, 6) is 4.77. The summed E-state index contributed by atoms with van der Waals surface area (Å²) in [6.45, 7) is 11.3. The van der Waals surface area contributed by atoms with E-state index < -0.39 is 42.1 Å². The molecule has 2 saturated carbocycles. The molecular formula is C76H96Cl2N8O9S2. The van der Waals surface area contributed by atoms with Crippen LogP contribution in [-0.2, 0) is 56.2 Å². The van der Waals surface area contributed by atoms with Crippen LogP contribution >= 0.6 is 23.2 Å². The molecule has 4 bridgehead atoms. The maximum absolute atomic E-state index is 13.9. The Morgan fingerprint density at radius 3 is 1.46 bits per heavy atom. The predicted octanol–water partition coefficient (Wildman–Crippen LogP) is 12.7. The lowest BCUT2D eigenvalue weighted by Gasteiger charge is -2.50. The van der Waals surface area contributed by atoms with E-state index in [1.54, 1.807) is 49.9 Å². The lowest BCUT2D eigenvalue weighted by Crippen LogP contribution is -2.54. The number of aliphatic hydroxyl groups is 2. The van der Waals surface area contributed by atoms with Crippen LogP contribution < -0.4 is 28.7 Å². The van der Waals surface area contributed by atoms with Crippen molar-refractivity contribution >= 4 is 72.0 Å². The SMILES string of the molecule is C.C=S1(=O)NC(=O)c2ccc3c(c2)N(C[C@@H]2CC[C@H]2[C@@](O)(Cc2ccncn2)CCC[C@H](C)[C@H]1C)C[C@@]1(CCCc2cc(Cl)ccc21)CO3.C[C@@H]1[C@@H](C)CCC[C@@](O)(Cc2ccncn2)[C@@H]2CC[C@H]2CN2C[C@@]3(CCCc4cc(Cl)ccc43)COc3ccc(cc32)C(=O)NS1(=O)=O. The number of aromatic nitrogens is 4. The molecule has 2 amide bonds. The minimum atomic E-state index is -3.96. The summed E-state index contributed by atoms with van der Waals surface area (Å²) in [4.78, 5) is 49.1. The number of halogens is 2. The molecule has 4 aliphatic carbocycles. The van der Waals surface area contributed by atoms with Gasteiger partial charge in [0.25, 0.3) is 11.8 Å². The number of rotatable bonds is 4. The van der Waals surface area contributed by atoms with E-state index in [1.807, 2.05) is 50.2 Å². The summed E-state index contributed by atoms with van der Waals surface area (Å²) in [6.07, 6.45) is 21.1. The first-order valence-corrected chi connectivity index (χ1v) is 38.8. The fourth-order valence-corrected chi connectivity index (χ4v) is 20.8. The van der Waals surface area contributed by atoms with Crippen molar-refractivity contribution in [3.05, 3.63) is 165 Å². The number of aryl methyl sites for hydroxylation is 2. The Balaban J connectivity index is 0.000000183. The average Bonchev–Trinajstić information content (AvgIpc) is 1.66. The lowest BCUT2D eigenvalue weighted by atomic mass is 9.61. The number of ether oxygens (including phenoxy) is 2. The second-order valence-corrected chi connectivity index (χ2v) is 35.0. The fourth-order valence-electron chi connectivity index (χ4n) is 17.5. The van der Waals surface area contributed by atoms with Crippen LogP contribution in [0.1, 0.15) is 179 Å².